The van der Waals surface area contributed by atoms with Crippen LogP contribution in [0.5, 0.6) is 0 Å². The van der Waals surface area contributed by atoms with E-state index in [2.05, 4.69) is 0 Å². The number of hydrogen-bond donors (Lipinski definition) is 2. The highest BCUT2D eigenvalue weighted by molar-refractivity contribution is 5.78. The minimum absolute atomic E-state index is 0.243. The van der Waals surface area contributed by atoms with Gasteiger partial charge in [0, 0.05) is 11.1 Å². The van der Waals surface area contributed by atoms with Crippen LogP contribution in [0, 0.1) is 5.92 Å². The second kappa shape index (κ2) is 3.98. The van der Waals surface area contributed by atoms with Crippen molar-refractivity contribution in [2.75, 3.05) is 0 Å². The van der Waals surface area contributed by atoms with Crippen LogP contribution in [0.25, 0.3) is 0 Å². The van der Waals surface area contributed by atoms with Gasteiger partial charge in [-0.1, -0.05) is 0 Å². The Morgan fingerprint density at radius 2 is 1.69 bits per heavy atom. The highest BCUT2D eigenvalue weighted by Gasteiger charge is 2.48. The van der Waals surface area contributed by atoms with E-state index in [-0.39, 0.29) is 5.92 Å². The van der Waals surface area contributed by atoms with Crippen molar-refractivity contribution >= 4 is 5.91 Å². The fraction of sp³-hybridized carbons (Fsp3) is 0.909. The predicted octanol–water partition coefficient (Wildman–Crippen LogP) is 0.447. The largest absolute Gasteiger partial charge is 0.383 e. The molecule has 16 heavy (non-hydrogen) atoms. The van der Waals surface area contributed by atoms with Crippen molar-refractivity contribution < 1.29 is 15.1 Å². The van der Waals surface area contributed by atoms with Gasteiger partial charge in [0.2, 0.25) is 5.91 Å². The summed E-state index contributed by atoms with van der Waals surface area (Å²) < 4.78 is 0. The van der Waals surface area contributed by atoms with Crippen LogP contribution in [0.3, 0.4) is 0 Å². The Morgan fingerprint density at radius 1 is 1.31 bits per heavy atom. The second-order valence-corrected chi connectivity index (χ2v) is 5.93. The number of aliphatic hydroxyl groups excluding tert-OH is 1. The lowest BCUT2D eigenvalue weighted by molar-refractivity contribution is -0.297. The number of nitrogens with two attached hydrogens (primary N) is 1. The molecule has 5 heteroatoms. The van der Waals surface area contributed by atoms with Crippen molar-refractivity contribution in [3.8, 4) is 0 Å². The first kappa shape index (κ1) is 13.4. The van der Waals surface area contributed by atoms with E-state index in [1.54, 1.807) is 0 Å². The number of carbonyl (C=O) groups excluding carboxylic acids is 1. The number of amides is 1. The lowest BCUT2D eigenvalue weighted by atomic mass is 9.73. The summed E-state index contributed by atoms with van der Waals surface area (Å²) in [6.45, 7) is 7.28. The van der Waals surface area contributed by atoms with Gasteiger partial charge >= 0.3 is 0 Å². The zero-order chi connectivity index (χ0) is 12.7. The summed E-state index contributed by atoms with van der Waals surface area (Å²) in [4.78, 5) is 11.0. The first-order chi connectivity index (χ1) is 7.08. The summed E-state index contributed by atoms with van der Waals surface area (Å²) in [7, 11) is 0. The van der Waals surface area contributed by atoms with E-state index < -0.39 is 23.1 Å². The molecule has 1 atom stereocenters. The molecule has 0 aromatic carbocycles. The predicted molar refractivity (Wildman–Crippen MR) is 58.6 cm³/mol. The normalized spacial score (nSPS) is 27.6. The summed E-state index contributed by atoms with van der Waals surface area (Å²) in [5.74, 6) is -0.955. The number of piperidine rings is 1. The van der Waals surface area contributed by atoms with E-state index in [9.17, 15) is 15.1 Å². The molecule has 1 aliphatic rings. The smallest absolute Gasteiger partial charge is 0.246 e. The minimum Gasteiger partial charge on any atom is -0.383 e. The van der Waals surface area contributed by atoms with Gasteiger partial charge in [-0.25, -0.2) is 0 Å². The molecule has 0 spiro atoms. The lowest BCUT2D eigenvalue weighted by Crippen LogP contribution is -2.60. The van der Waals surface area contributed by atoms with Crippen LogP contribution in [-0.4, -0.2) is 33.3 Å². The van der Waals surface area contributed by atoms with E-state index in [0.29, 0.717) is 12.8 Å². The van der Waals surface area contributed by atoms with Crippen LogP contribution in [0.15, 0.2) is 0 Å². The molecule has 93 valence electrons. The standard InChI is InChI=1S/C11H21N2O3/c1-10(2)5-7(8(14)9(12)15)6-11(3,4)13(10)16/h7-8,14H,5-6H2,1-4H3,(H2,12,15). The van der Waals surface area contributed by atoms with Crippen LogP contribution in [0.2, 0.25) is 0 Å². The molecule has 5 nitrogen and oxygen atoms in total. The summed E-state index contributed by atoms with van der Waals surface area (Å²) in [5, 5.41) is 22.8. The number of aliphatic hydroxyl groups is 1. The Bertz CT molecular complexity index is 271. The van der Waals surface area contributed by atoms with Gasteiger partial charge < -0.3 is 10.8 Å². The highest BCUT2D eigenvalue weighted by atomic mass is 16.5. The molecule has 1 fully saturated rings. The molecular weight excluding hydrogens is 208 g/mol. The second-order valence-electron chi connectivity index (χ2n) is 5.93. The van der Waals surface area contributed by atoms with Crippen LogP contribution in [0.1, 0.15) is 40.5 Å². The Balaban J connectivity index is 2.91. The zero-order valence-corrected chi connectivity index (χ0v) is 10.4. The molecule has 1 unspecified atom stereocenters. The number of primary amides is 1. The topological polar surface area (TPSA) is 86.5 Å². The Morgan fingerprint density at radius 3 is 2.00 bits per heavy atom. The molecular formula is C11H21N2O3. The number of nitrogens with zero attached hydrogens (tertiary/aromatic N) is 1. The van der Waals surface area contributed by atoms with Crippen LogP contribution < -0.4 is 5.73 Å². The summed E-state index contributed by atoms with van der Waals surface area (Å²) in [6, 6.07) is 0. The van der Waals surface area contributed by atoms with Gasteiger partial charge in [-0.2, -0.15) is 0 Å². The third kappa shape index (κ3) is 2.36. The summed E-state index contributed by atoms with van der Waals surface area (Å²) in [5.41, 5.74) is 3.94. The van der Waals surface area contributed by atoms with Crippen molar-refractivity contribution in [3.05, 3.63) is 0 Å². The Hall–Kier alpha value is -0.650. The lowest BCUT2D eigenvalue weighted by Gasteiger charge is -2.50. The van der Waals surface area contributed by atoms with E-state index in [0.717, 1.165) is 5.06 Å². The number of hydrogen-bond acceptors (Lipinski definition) is 3. The molecule has 1 saturated heterocycles. The molecule has 0 saturated carbocycles. The molecule has 1 heterocycles. The van der Waals surface area contributed by atoms with Gasteiger partial charge in [0.15, 0.2) is 0 Å². The first-order valence-corrected chi connectivity index (χ1v) is 5.53. The fourth-order valence-electron chi connectivity index (χ4n) is 2.80. The third-order valence-electron chi connectivity index (χ3n) is 3.36. The van der Waals surface area contributed by atoms with Crippen molar-refractivity contribution in [3.63, 3.8) is 0 Å². The average molecular weight is 229 g/mol. The van der Waals surface area contributed by atoms with Crippen LogP contribution >= 0.6 is 0 Å². The maximum atomic E-state index is 12.0. The number of rotatable bonds is 2. The highest BCUT2D eigenvalue weighted by Crippen LogP contribution is 2.41. The van der Waals surface area contributed by atoms with Crippen molar-refractivity contribution in [1.82, 2.24) is 5.06 Å². The van der Waals surface area contributed by atoms with Crippen molar-refractivity contribution in [2.24, 2.45) is 11.7 Å². The Kier molecular flexibility index (Phi) is 3.34. The molecule has 0 aliphatic carbocycles. The van der Waals surface area contributed by atoms with Gasteiger partial charge in [0.1, 0.15) is 6.10 Å². The minimum atomic E-state index is -1.16. The maximum Gasteiger partial charge on any atom is 0.246 e. The Labute approximate surface area is 96.2 Å². The summed E-state index contributed by atoms with van der Waals surface area (Å²) in [6.07, 6.45) is -0.208. The van der Waals surface area contributed by atoms with Crippen LogP contribution in [-0.2, 0) is 10.0 Å². The molecule has 1 aliphatic heterocycles. The number of carbonyl (C=O) groups is 1. The monoisotopic (exact) mass is 229 g/mol. The quantitative estimate of drug-likeness (QED) is 0.720. The van der Waals surface area contributed by atoms with E-state index in [4.69, 9.17) is 5.73 Å². The molecule has 3 N–H and O–H groups in total. The first-order valence-electron chi connectivity index (χ1n) is 5.53. The molecule has 1 amide bonds. The molecule has 1 radical (unpaired) electrons. The van der Waals surface area contributed by atoms with Gasteiger partial charge in [-0.05, 0) is 46.5 Å². The molecule has 0 bridgehead atoms. The average Bonchev–Trinajstić information content (AvgIpc) is 2.11. The van der Waals surface area contributed by atoms with Crippen LogP contribution in [0.4, 0.5) is 0 Å². The van der Waals surface area contributed by atoms with Gasteiger partial charge in [-0.3, -0.25) is 4.79 Å². The van der Waals surface area contributed by atoms with Crippen molar-refractivity contribution in [2.45, 2.75) is 57.7 Å². The number of hydroxylamine groups is 2. The third-order valence-corrected chi connectivity index (χ3v) is 3.36. The molecule has 1 rings (SSSR count). The zero-order valence-electron chi connectivity index (χ0n) is 10.4. The van der Waals surface area contributed by atoms with Gasteiger partial charge in [-0.15, -0.1) is 10.3 Å². The summed E-state index contributed by atoms with van der Waals surface area (Å²) >= 11 is 0. The fourth-order valence-corrected chi connectivity index (χ4v) is 2.80. The van der Waals surface area contributed by atoms with E-state index >= 15 is 0 Å². The van der Waals surface area contributed by atoms with Gasteiger partial charge in [0.25, 0.3) is 0 Å². The maximum absolute atomic E-state index is 12.0. The SMILES string of the molecule is CC1(C)CC(C(O)C(N)=O)CC(C)(C)N1[O]. The van der Waals surface area contributed by atoms with Crippen molar-refractivity contribution in [1.29, 1.82) is 0 Å². The van der Waals surface area contributed by atoms with Gasteiger partial charge in [0.05, 0.1) is 0 Å². The molecule has 0 aromatic rings. The molecule has 0 aromatic heterocycles. The van der Waals surface area contributed by atoms with E-state index in [1.165, 1.54) is 0 Å². The van der Waals surface area contributed by atoms with E-state index in [1.807, 2.05) is 27.7 Å².